The standard InChI is InChI=1S/C18H30N4O2/c1-4-21(5-2)15-6-13-24-18(14-15)7-10-22(11-8-18)17(23)16-19-9-12-20(16)3/h9,12,15H,4-8,10-11,13-14H2,1-3H3. The van der Waals surface area contributed by atoms with Crippen molar-refractivity contribution in [2.45, 2.75) is 51.2 Å². The Balaban J connectivity index is 1.61. The van der Waals surface area contributed by atoms with Gasteiger partial charge in [-0.3, -0.25) is 4.79 Å². The number of ether oxygens (including phenoxy) is 1. The van der Waals surface area contributed by atoms with Gasteiger partial charge in [0.2, 0.25) is 0 Å². The monoisotopic (exact) mass is 334 g/mol. The topological polar surface area (TPSA) is 50.6 Å². The van der Waals surface area contributed by atoms with Gasteiger partial charge >= 0.3 is 0 Å². The van der Waals surface area contributed by atoms with Gasteiger partial charge in [0.25, 0.3) is 5.91 Å². The maximum atomic E-state index is 12.6. The summed E-state index contributed by atoms with van der Waals surface area (Å²) < 4.78 is 8.02. The van der Waals surface area contributed by atoms with Gasteiger partial charge in [0.15, 0.2) is 5.82 Å². The van der Waals surface area contributed by atoms with Crippen LogP contribution in [0.15, 0.2) is 12.4 Å². The molecule has 6 heteroatoms. The van der Waals surface area contributed by atoms with Gasteiger partial charge in [-0.15, -0.1) is 0 Å². The molecule has 0 N–H and O–H groups in total. The molecule has 3 heterocycles. The average molecular weight is 334 g/mol. The second-order valence-electron chi connectivity index (χ2n) is 7.05. The van der Waals surface area contributed by atoms with Gasteiger partial charge in [0.05, 0.1) is 5.60 Å². The van der Waals surface area contributed by atoms with Crippen LogP contribution in [0.4, 0.5) is 0 Å². The second kappa shape index (κ2) is 7.23. The van der Waals surface area contributed by atoms with Gasteiger partial charge in [0.1, 0.15) is 0 Å². The fraction of sp³-hybridized carbons (Fsp3) is 0.778. The van der Waals surface area contributed by atoms with Crippen molar-refractivity contribution in [1.29, 1.82) is 0 Å². The number of aryl methyl sites for hydroxylation is 1. The highest BCUT2D eigenvalue weighted by atomic mass is 16.5. The Morgan fingerprint density at radius 2 is 2.08 bits per heavy atom. The van der Waals surface area contributed by atoms with Gasteiger partial charge in [-0.05, 0) is 38.8 Å². The first kappa shape index (κ1) is 17.4. The van der Waals surface area contributed by atoms with E-state index in [9.17, 15) is 4.79 Å². The van der Waals surface area contributed by atoms with Crippen molar-refractivity contribution >= 4 is 5.91 Å². The van der Waals surface area contributed by atoms with E-state index >= 15 is 0 Å². The Labute approximate surface area is 144 Å². The summed E-state index contributed by atoms with van der Waals surface area (Å²) in [5.74, 6) is 0.560. The first-order valence-electron chi connectivity index (χ1n) is 9.23. The quantitative estimate of drug-likeness (QED) is 0.844. The number of nitrogens with zero attached hydrogens (tertiary/aromatic N) is 4. The van der Waals surface area contributed by atoms with Crippen molar-refractivity contribution in [3.8, 4) is 0 Å². The van der Waals surface area contributed by atoms with Crippen molar-refractivity contribution in [2.24, 2.45) is 7.05 Å². The minimum absolute atomic E-state index is 0.0356. The molecule has 2 fully saturated rings. The second-order valence-corrected chi connectivity index (χ2v) is 7.05. The summed E-state index contributed by atoms with van der Waals surface area (Å²) in [4.78, 5) is 21.3. The predicted octanol–water partition coefficient (Wildman–Crippen LogP) is 1.92. The third-order valence-corrected chi connectivity index (χ3v) is 5.77. The van der Waals surface area contributed by atoms with Gasteiger partial charge in [-0.25, -0.2) is 4.98 Å². The minimum Gasteiger partial charge on any atom is -0.375 e. The highest BCUT2D eigenvalue weighted by molar-refractivity contribution is 5.90. The van der Waals surface area contributed by atoms with E-state index in [0.717, 1.165) is 58.5 Å². The van der Waals surface area contributed by atoms with Crippen molar-refractivity contribution < 1.29 is 9.53 Å². The van der Waals surface area contributed by atoms with E-state index in [1.165, 1.54) is 0 Å². The zero-order valence-corrected chi connectivity index (χ0v) is 15.2. The Hall–Kier alpha value is -1.40. The van der Waals surface area contributed by atoms with Crippen LogP contribution in [-0.4, -0.2) is 69.7 Å². The molecule has 0 aliphatic carbocycles. The van der Waals surface area contributed by atoms with E-state index in [2.05, 4.69) is 23.7 Å². The average Bonchev–Trinajstić information content (AvgIpc) is 3.02. The molecule has 0 bridgehead atoms. The third kappa shape index (κ3) is 3.35. The minimum atomic E-state index is -0.0378. The first-order valence-corrected chi connectivity index (χ1v) is 9.23. The molecule has 1 aromatic heterocycles. The number of rotatable bonds is 4. The van der Waals surface area contributed by atoms with E-state index in [4.69, 9.17) is 4.74 Å². The van der Waals surface area contributed by atoms with Crippen molar-refractivity contribution in [3.63, 3.8) is 0 Å². The van der Waals surface area contributed by atoms with E-state index in [1.807, 2.05) is 18.1 Å². The maximum Gasteiger partial charge on any atom is 0.289 e. The van der Waals surface area contributed by atoms with Crippen LogP contribution in [0.1, 0.15) is 50.1 Å². The maximum absolute atomic E-state index is 12.6. The van der Waals surface area contributed by atoms with Crippen molar-refractivity contribution in [3.05, 3.63) is 18.2 Å². The summed E-state index contributed by atoms with van der Waals surface area (Å²) in [7, 11) is 1.87. The number of likely N-dealkylation sites (tertiary alicyclic amines) is 1. The molecule has 3 rings (SSSR count). The smallest absolute Gasteiger partial charge is 0.289 e. The molecule has 6 nitrogen and oxygen atoms in total. The lowest BCUT2D eigenvalue weighted by atomic mass is 9.81. The summed E-state index contributed by atoms with van der Waals surface area (Å²) in [6.45, 7) is 9.03. The number of hydrogen-bond acceptors (Lipinski definition) is 4. The summed E-state index contributed by atoms with van der Waals surface area (Å²) in [6, 6.07) is 0.616. The summed E-state index contributed by atoms with van der Waals surface area (Å²) in [5, 5.41) is 0. The lowest BCUT2D eigenvalue weighted by Crippen LogP contribution is -2.54. The van der Waals surface area contributed by atoms with Crippen LogP contribution in [0, 0.1) is 0 Å². The molecule has 1 aromatic rings. The van der Waals surface area contributed by atoms with Gasteiger partial charge in [0, 0.05) is 45.2 Å². The number of carbonyl (C=O) groups is 1. The van der Waals surface area contributed by atoms with Gasteiger partial charge in [-0.1, -0.05) is 13.8 Å². The molecule has 2 aliphatic rings. The molecule has 2 saturated heterocycles. The van der Waals surface area contributed by atoms with Crippen LogP contribution in [0.5, 0.6) is 0 Å². The molecule has 24 heavy (non-hydrogen) atoms. The molecule has 1 spiro atoms. The summed E-state index contributed by atoms with van der Waals surface area (Å²) in [6.07, 6.45) is 7.58. The lowest BCUT2D eigenvalue weighted by molar-refractivity contribution is -0.129. The predicted molar refractivity (Wildman–Crippen MR) is 93.0 cm³/mol. The Bertz CT molecular complexity index is 559. The highest BCUT2D eigenvalue weighted by Crippen LogP contribution is 2.36. The lowest BCUT2D eigenvalue weighted by Gasteiger charge is -2.48. The fourth-order valence-electron chi connectivity index (χ4n) is 4.23. The molecule has 1 amide bonds. The molecule has 2 aliphatic heterocycles. The van der Waals surface area contributed by atoms with Crippen molar-refractivity contribution in [2.75, 3.05) is 32.8 Å². The Kier molecular flexibility index (Phi) is 5.25. The van der Waals surface area contributed by atoms with Crippen LogP contribution < -0.4 is 0 Å². The SMILES string of the molecule is CCN(CC)C1CCOC2(CCN(C(=O)c3nccn3C)CC2)C1. The number of aromatic nitrogens is 2. The van der Waals surface area contributed by atoms with Crippen molar-refractivity contribution in [1.82, 2.24) is 19.4 Å². The first-order chi connectivity index (χ1) is 11.6. The van der Waals surface area contributed by atoms with E-state index in [-0.39, 0.29) is 11.5 Å². The number of hydrogen-bond donors (Lipinski definition) is 0. The molecule has 0 saturated carbocycles. The molecule has 134 valence electrons. The van der Waals surface area contributed by atoms with E-state index in [1.54, 1.807) is 10.8 Å². The van der Waals surface area contributed by atoms with Crippen LogP contribution in [0.3, 0.4) is 0 Å². The van der Waals surface area contributed by atoms with Crippen LogP contribution in [-0.2, 0) is 11.8 Å². The molecule has 1 atom stereocenters. The number of amides is 1. The third-order valence-electron chi connectivity index (χ3n) is 5.77. The zero-order chi connectivity index (χ0) is 17.2. The number of piperidine rings is 1. The summed E-state index contributed by atoms with van der Waals surface area (Å²) in [5.41, 5.74) is -0.0378. The van der Waals surface area contributed by atoms with Gasteiger partial charge in [-0.2, -0.15) is 0 Å². The van der Waals surface area contributed by atoms with Crippen LogP contribution >= 0.6 is 0 Å². The van der Waals surface area contributed by atoms with Gasteiger partial charge < -0.3 is 19.1 Å². The molecule has 0 aromatic carbocycles. The normalized spacial score (nSPS) is 23.8. The largest absolute Gasteiger partial charge is 0.375 e. The highest BCUT2D eigenvalue weighted by Gasteiger charge is 2.42. The van der Waals surface area contributed by atoms with Crippen LogP contribution in [0.2, 0.25) is 0 Å². The molecule has 1 unspecified atom stereocenters. The zero-order valence-electron chi connectivity index (χ0n) is 15.2. The Morgan fingerprint density at radius 3 is 2.67 bits per heavy atom. The molecular weight excluding hydrogens is 304 g/mol. The Morgan fingerprint density at radius 1 is 1.38 bits per heavy atom. The number of imidazole rings is 1. The van der Waals surface area contributed by atoms with E-state index in [0.29, 0.717) is 11.9 Å². The molecule has 0 radical (unpaired) electrons. The molecular formula is C18H30N4O2. The fourth-order valence-corrected chi connectivity index (χ4v) is 4.23. The summed E-state index contributed by atoms with van der Waals surface area (Å²) >= 11 is 0. The van der Waals surface area contributed by atoms with Crippen LogP contribution in [0.25, 0.3) is 0 Å². The van der Waals surface area contributed by atoms with E-state index < -0.39 is 0 Å². The number of carbonyl (C=O) groups excluding carboxylic acids is 1.